The van der Waals surface area contributed by atoms with Crippen molar-refractivity contribution in [2.24, 2.45) is 11.0 Å². The topological polar surface area (TPSA) is 76.4 Å². The smallest absolute Gasteiger partial charge is 0.257 e. The number of amides is 1. The van der Waals surface area contributed by atoms with Gasteiger partial charge in [0.2, 0.25) is 0 Å². The summed E-state index contributed by atoms with van der Waals surface area (Å²) < 4.78 is 0. The number of carbonyl (C=O) groups is 1. The second-order valence-electron chi connectivity index (χ2n) is 8.38. The second-order valence-corrected chi connectivity index (χ2v) is 8.38. The van der Waals surface area contributed by atoms with E-state index in [9.17, 15) is 15.0 Å². The van der Waals surface area contributed by atoms with Crippen LogP contribution in [0.25, 0.3) is 6.08 Å². The standard InChI is InChI=1S/C26H31N3O3/c30-16-14-28(15-17-31)19-24(32)29-26(21-10-5-2-6-11-21)23-13-7-12-22(25(23)27-29)18-20-8-3-1-4-9-20/h1-6,8-11,18,23,26,30-31H,7,12-17,19H2/b22-18-. The SMILES string of the molecule is O=C(CN(CCO)CCO)N1N=C2/C(=C\c3ccccc3)CCCC2C1c1ccccc1. The Morgan fingerprint density at radius 1 is 1.03 bits per heavy atom. The summed E-state index contributed by atoms with van der Waals surface area (Å²) in [6.45, 7) is 0.684. The molecule has 4 rings (SSSR count). The van der Waals surface area contributed by atoms with Crippen LogP contribution in [0.1, 0.15) is 36.4 Å². The van der Waals surface area contributed by atoms with Crippen LogP contribution in [0.2, 0.25) is 0 Å². The Hall–Kier alpha value is -2.80. The lowest BCUT2D eigenvalue weighted by molar-refractivity contribution is -0.135. The predicted molar refractivity (Wildman–Crippen MR) is 126 cm³/mol. The molecule has 0 saturated heterocycles. The molecule has 2 aromatic rings. The van der Waals surface area contributed by atoms with Gasteiger partial charge in [0, 0.05) is 19.0 Å². The summed E-state index contributed by atoms with van der Waals surface area (Å²) in [6, 6.07) is 20.2. The summed E-state index contributed by atoms with van der Waals surface area (Å²) >= 11 is 0. The fourth-order valence-electron chi connectivity index (χ4n) is 4.76. The molecule has 0 spiro atoms. The fraction of sp³-hybridized carbons (Fsp3) is 0.385. The number of hydrogen-bond acceptors (Lipinski definition) is 5. The van der Waals surface area contributed by atoms with Crippen LogP contribution in [-0.4, -0.2) is 64.6 Å². The molecule has 2 aromatic carbocycles. The minimum absolute atomic E-state index is 0.0590. The molecule has 168 valence electrons. The lowest BCUT2D eigenvalue weighted by Crippen LogP contribution is -2.41. The molecule has 1 aliphatic heterocycles. The number of aliphatic hydroxyl groups is 2. The highest BCUT2D eigenvalue weighted by molar-refractivity contribution is 6.08. The van der Waals surface area contributed by atoms with Crippen LogP contribution < -0.4 is 0 Å². The maximum atomic E-state index is 13.4. The van der Waals surface area contributed by atoms with Crippen molar-refractivity contribution in [2.75, 3.05) is 32.8 Å². The molecule has 6 heteroatoms. The average Bonchev–Trinajstić information content (AvgIpc) is 3.22. The van der Waals surface area contributed by atoms with Crippen LogP contribution in [0.15, 0.2) is 71.3 Å². The van der Waals surface area contributed by atoms with Crippen LogP contribution in [0.3, 0.4) is 0 Å². The van der Waals surface area contributed by atoms with Crippen molar-refractivity contribution in [3.8, 4) is 0 Å². The summed E-state index contributed by atoms with van der Waals surface area (Å²) in [5.41, 5.74) is 4.44. The van der Waals surface area contributed by atoms with Crippen molar-refractivity contribution < 1.29 is 15.0 Å². The van der Waals surface area contributed by atoms with E-state index in [0.717, 1.165) is 36.1 Å². The third-order valence-corrected chi connectivity index (χ3v) is 6.23. The molecular formula is C26H31N3O3. The zero-order chi connectivity index (χ0) is 22.3. The molecule has 2 atom stereocenters. The summed E-state index contributed by atoms with van der Waals surface area (Å²) in [6.07, 6.45) is 5.21. The van der Waals surface area contributed by atoms with Gasteiger partial charge in [-0.25, -0.2) is 5.01 Å². The normalized spacial score (nSPS) is 21.7. The van der Waals surface area contributed by atoms with Gasteiger partial charge in [-0.2, -0.15) is 5.10 Å². The second kappa shape index (κ2) is 10.7. The van der Waals surface area contributed by atoms with Gasteiger partial charge in [-0.3, -0.25) is 9.69 Å². The number of hydrogen-bond donors (Lipinski definition) is 2. The minimum Gasteiger partial charge on any atom is -0.395 e. The van der Waals surface area contributed by atoms with Gasteiger partial charge in [0.05, 0.1) is 31.5 Å². The van der Waals surface area contributed by atoms with E-state index < -0.39 is 0 Å². The number of hydrazone groups is 1. The summed E-state index contributed by atoms with van der Waals surface area (Å²) in [7, 11) is 0. The zero-order valence-electron chi connectivity index (χ0n) is 18.3. The predicted octanol–water partition coefficient (Wildman–Crippen LogP) is 3.10. The first-order chi connectivity index (χ1) is 15.7. The van der Waals surface area contributed by atoms with Gasteiger partial charge >= 0.3 is 0 Å². The van der Waals surface area contributed by atoms with E-state index in [0.29, 0.717) is 13.1 Å². The number of carbonyl (C=O) groups excluding carboxylic acids is 1. The summed E-state index contributed by atoms with van der Waals surface area (Å²) in [4.78, 5) is 15.2. The van der Waals surface area contributed by atoms with Crippen LogP contribution in [0.4, 0.5) is 0 Å². The highest BCUT2D eigenvalue weighted by atomic mass is 16.3. The third-order valence-electron chi connectivity index (χ3n) is 6.23. The van der Waals surface area contributed by atoms with Gasteiger partial charge in [0.1, 0.15) is 0 Å². The van der Waals surface area contributed by atoms with Crippen molar-refractivity contribution >= 4 is 17.7 Å². The van der Waals surface area contributed by atoms with Crippen LogP contribution in [-0.2, 0) is 4.79 Å². The van der Waals surface area contributed by atoms with E-state index in [-0.39, 0.29) is 37.6 Å². The van der Waals surface area contributed by atoms with E-state index in [1.807, 2.05) is 36.4 Å². The molecule has 2 unspecified atom stereocenters. The molecule has 1 aliphatic carbocycles. The highest BCUT2D eigenvalue weighted by Crippen LogP contribution is 2.44. The quantitative estimate of drug-likeness (QED) is 0.671. The molecule has 0 aromatic heterocycles. The molecule has 2 N–H and O–H groups in total. The van der Waals surface area contributed by atoms with Crippen molar-refractivity contribution in [2.45, 2.75) is 25.3 Å². The Labute approximate surface area is 189 Å². The number of nitrogens with zero attached hydrogens (tertiary/aromatic N) is 3. The Kier molecular flexibility index (Phi) is 7.47. The Balaban J connectivity index is 1.67. The molecule has 6 nitrogen and oxygen atoms in total. The van der Waals surface area contributed by atoms with Gasteiger partial charge in [-0.05, 0) is 42.0 Å². The summed E-state index contributed by atoms with van der Waals surface area (Å²) in [5, 5.41) is 25.2. The summed E-state index contributed by atoms with van der Waals surface area (Å²) in [5.74, 6) is 0.0518. The third kappa shape index (κ3) is 4.99. The van der Waals surface area contributed by atoms with E-state index >= 15 is 0 Å². The van der Waals surface area contributed by atoms with Crippen LogP contribution in [0, 0.1) is 5.92 Å². The molecule has 1 amide bonds. The average molecular weight is 434 g/mol. The fourth-order valence-corrected chi connectivity index (χ4v) is 4.76. The number of benzene rings is 2. The van der Waals surface area contributed by atoms with Crippen molar-refractivity contribution in [1.29, 1.82) is 0 Å². The first kappa shape index (κ1) is 22.4. The van der Waals surface area contributed by atoms with Crippen molar-refractivity contribution in [1.82, 2.24) is 9.91 Å². The maximum Gasteiger partial charge on any atom is 0.257 e. The molecule has 1 saturated carbocycles. The number of fused-ring (bicyclic) bond motifs is 1. The molecule has 0 bridgehead atoms. The lowest BCUT2D eigenvalue weighted by Gasteiger charge is -2.30. The Bertz CT molecular complexity index is 953. The molecule has 1 fully saturated rings. The van der Waals surface area contributed by atoms with Gasteiger partial charge in [0.15, 0.2) is 0 Å². The first-order valence-electron chi connectivity index (χ1n) is 11.4. The van der Waals surface area contributed by atoms with Crippen LogP contribution in [0.5, 0.6) is 0 Å². The number of rotatable bonds is 8. The molecule has 2 aliphatic rings. The highest BCUT2D eigenvalue weighted by Gasteiger charge is 2.43. The molecule has 0 radical (unpaired) electrons. The zero-order valence-corrected chi connectivity index (χ0v) is 18.3. The van der Waals surface area contributed by atoms with E-state index in [2.05, 4.69) is 30.3 Å². The molecule has 32 heavy (non-hydrogen) atoms. The molecular weight excluding hydrogens is 402 g/mol. The largest absolute Gasteiger partial charge is 0.395 e. The van der Waals surface area contributed by atoms with Crippen molar-refractivity contribution in [3.05, 3.63) is 77.4 Å². The lowest BCUT2D eigenvalue weighted by atomic mass is 9.77. The maximum absolute atomic E-state index is 13.4. The monoisotopic (exact) mass is 433 g/mol. The van der Waals surface area contributed by atoms with Gasteiger partial charge < -0.3 is 10.2 Å². The number of aliphatic hydroxyl groups excluding tert-OH is 2. The van der Waals surface area contributed by atoms with Gasteiger partial charge in [0.25, 0.3) is 5.91 Å². The van der Waals surface area contributed by atoms with Gasteiger partial charge in [-0.1, -0.05) is 60.7 Å². The number of allylic oxidation sites excluding steroid dienone is 1. The van der Waals surface area contributed by atoms with E-state index in [1.165, 1.54) is 5.57 Å². The molecule has 1 heterocycles. The van der Waals surface area contributed by atoms with Gasteiger partial charge in [-0.15, -0.1) is 0 Å². The van der Waals surface area contributed by atoms with Crippen molar-refractivity contribution in [3.63, 3.8) is 0 Å². The van der Waals surface area contributed by atoms with E-state index in [1.54, 1.807) is 9.91 Å². The Morgan fingerprint density at radius 2 is 1.69 bits per heavy atom. The van der Waals surface area contributed by atoms with E-state index in [4.69, 9.17) is 5.10 Å². The Morgan fingerprint density at radius 3 is 2.34 bits per heavy atom. The minimum atomic E-state index is -0.136. The first-order valence-corrected chi connectivity index (χ1v) is 11.4. The van der Waals surface area contributed by atoms with Crippen LogP contribution >= 0.6 is 0 Å².